The predicted molar refractivity (Wildman–Crippen MR) is 124 cm³/mol. The number of esters is 1. The van der Waals surface area contributed by atoms with Gasteiger partial charge in [0.1, 0.15) is 18.0 Å². The minimum Gasteiger partial charge on any atom is -0.485 e. The topological polar surface area (TPSA) is 126 Å². The molecule has 0 bridgehead atoms. The molecule has 2 aromatic carbocycles. The number of hydrogen-bond acceptors (Lipinski definition) is 8. The molecule has 0 saturated heterocycles. The molecule has 0 aliphatic rings. The van der Waals surface area contributed by atoms with Crippen LogP contribution in [0.5, 0.6) is 11.5 Å². The second-order valence-corrected chi connectivity index (χ2v) is 8.21. The maximum atomic E-state index is 12.4. The summed E-state index contributed by atoms with van der Waals surface area (Å²) in [6.07, 6.45) is -1.52. The van der Waals surface area contributed by atoms with Crippen LogP contribution in [-0.2, 0) is 20.7 Å². The largest absolute Gasteiger partial charge is 0.485 e. The lowest BCUT2D eigenvalue weighted by Crippen LogP contribution is -2.34. The van der Waals surface area contributed by atoms with Gasteiger partial charge in [0.15, 0.2) is 11.9 Å². The molecular weight excluding hydrogens is 444 g/mol. The number of nitro groups is 1. The first-order chi connectivity index (χ1) is 16.1. The van der Waals surface area contributed by atoms with Gasteiger partial charge in [0, 0.05) is 12.5 Å². The SMILES string of the molecule is CCOC(=O)C(Cc1ccc(OCCNC(=O)OC(C)(C)C)c([N+](=O)[O-])c1)Oc1ccccc1. The molecule has 1 atom stereocenters. The highest BCUT2D eigenvalue weighted by molar-refractivity contribution is 5.75. The molecule has 10 heteroatoms. The second kappa shape index (κ2) is 12.4. The van der Waals surface area contributed by atoms with Gasteiger partial charge in [-0.3, -0.25) is 10.1 Å². The highest BCUT2D eigenvalue weighted by Crippen LogP contribution is 2.29. The molecule has 0 saturated carbocycles. The monoisotopic (exact) mass is 474 g/mol. The van der Waals surface area contributed by atoms with Crippen molar-refractivity contribution in [3.05, 3.63) is 64.2 Å². The van der Waals surface area contributed by atoms with Crippen molar-refractivity contribution in [1.82, 2.24) is 5.32 Å². The molecular formula is C24H30N2O8. The summed E-state index contributed by atoms with van der Waals surface area (Å²) in [4.78, 5) is 35.1. The van der Waals surface area contributed by atoms with Crippen LogP contribution in [0, 0.1) is 10.1 Å². The van der Waals surface area contributed by atoms with Crippen molar-refractivity contribution < 1.29 is 33.5 Å². The zero-order valence-electron chi connectivity index (χ0n) is 19.7. The fourth-order valence-electron chi connectivity index (χ4n) is 2.87. The summed E-state index contributed by atoms with van der Waals surface area (Å²) in [7, 11) is 0. The van der Waals surface area contributed by atoms with Crippen LogP contribution in [-0.4, -0.2) is 48.4 Å². The van der Waals surface area contributed by atoms with Gasteiger partial charge in [0.25, 0.3) is 0 Å². The third-order valence-corrected chi connectivity index (χ3v) is 4.24. The Kier molecular flexibility index (Phi) is 9.66. The van der Waals surface area contributed by atoms with E-state index in [0.29, 0.717) is 11.3 Å². The molecule has 0 spiro atoms. The van der Waals surface area contributed by atoms with E-state index in [0.717, 1.165) is 0 Å². The number of rotatable bonds is 11. The van der Waals surface area contributed by atoms with Crippen molar-refractivity contribution >= 4 is 17.7 Å². The smallest absolute Gasteiger partial charge is 0.407 e. The van der Waals surface area contributed by atoms with Crippen LogP contribution in [0.2, 0.25) is 0 Å². The van der Waals surface area contributed by atoms with Crippen molar-refractivity contribution in [3.63, 3.8) is 0 Å². The van der Waals surface area contributed by atoms with Crippen LogP contribution in [0.1, 0.15) is 33.3 Å². The minimum atomic E-state index is -0.980. The molecule has 0 aliphatic carbocycles. The summed E-state index contributed by atoms with van der Waals surface area (Å²) in [5.74, 6) is -0.0496. The van der Waals surface area contributed by atoms with Crippen LogP contribution in [0.15, 0.2) is 48.5 Å². The third-order valence-electron chi connectivity index (χ3n) is 4.24. The highest BCUT2D eigenvalue weighted by atomic mass is 16.6. The molecule has 1 N–H and O–H groups in total. The summed E-state index contributed by atoms with van der Waals surface area (Å²) >= 11 is 0. The van der Waals surface area contributed by atoms with Crippen LogP contribution >= 0.6 is 0 Å². The molecule has 2 rings (SSSR count). The summed E-state index contributed by atoms with van der Waals surface area (Å²) in [5.41, 5.74) is -0.400. The highest BCUT2D eigenvalue weighted by Gasteiger charge is 2.25. The lowest BCUT2D eigenvalue weighted by molar-refractivity contribution is -0.385. The van der Waals surface area contributed by atoms with Crippen molar-refractivity contribution in [2.24, 2.45) is 0 Å². The van der Waals surface area contributed by atoms with E-state index in [2.05, 4.69) is 5.32 Å². The lowest BCUT2D eigenvalue weighted by Gasteiger charge is -2.19. The Bertz CT molecular complexity index is 973. The van der Waals surface area contributed by atoms with Crippen LogP contribution in [0.25, 0.3) is 0 Å². The van der Waals surface area contributed by atoms with Gasteiger partial charge in [0.2, 0.25) is 0 Å². The predicted octanol–water partition coefficient (Wildman–Crippen LogP) is 4.05. The van der Waals surface area contributed by atoms with E-state index in [1.165, 1.54) is 12.1 Å². The van der Waals surface area contributed by atoms with Crippen molar-refractivity contribution in [1.29, 1.82) is 0 Å². The normalized spacial score (nSPS) is 11.8. The van der Waals surface area contributed by atoms with Gasteiger partial charge in [-0.1, -0.05) is 24.3 Å². The van der Waals surface area contributed by atoms with E-state index >= 15 is 0 Å². The van der Waals surface area contributed by atoms with Crippen molar-refractivity contribution in [2.75, 3.05) is 19.8 Å². The van der Waals surface area contributed by atoms with Gasteiger partial charge in [0.05, 0.1) is 18.1 Å². The number of alkyl carbamates (subject to hydrolysis) is 1. The standard InChI is InChI=1S/C24H30N2O8/c1-5-31-22(27)21(33-18-9-7-6-8-10-18)16-17-11-12-20(19(15-17)26(29)30)32-14-13-25-23(28)34-24(2,3)4/h6-12,15,21H,5,13-14,16H2,1-4H3,(H,25,28). The number of benzene rings is 2. The van der Waals surface area contributed by atoms with E-state index < -0.39 is 28.7 Å². The number of hydrogen-bond donors (Lipinski definition) is 1. The fraction of sp³-hybridized carbons (Fsp3) is 0.417. The maximum Gasteiger partial charge on any atom is 0.407 e. The zero-order chi connectivity index (χ0) is 25.1. The molecule has 0 aliphatic heterocycles. The van der Waals surface area contributed by atoms with Gasteiger partial charge < -0.3 is 24.3 Å². The van der Waals surface area contributed by atoms with Crippen LogP contribution in [0.3, 0.4) is 0 Å². The van der Waals surface area contributed by atoms with Gasteiger partial charge in [-0.15, -0.1) is 0 Å². The summed E-state index contributed by atoms with van der Waals surface area (Å²) in [6.45, 7) is 7.19. The first kappa shape index (κ1) is 26.4. The Labute approximate surface area is 198 Å². The molecule has 0 heterocycles. The van der Waals surface area contributed by atoms with E-state index in [9.17, 15) is 19.7 Å². The number of carbonyl (C=O) groups excluding carboxylic acids is 2. The summed E-state index contributed by atoms with van der Waals surface area (Å²) in [6, 6.07) is 13.2. The average Bonchev–Trinajstić information content (AvgIpc) is 2.76. The van der Waals surface area contributed by atoms with Crippen molar-refractivity contribution in [2.45, 2.75) is 45.8 Å². The molecule has 0 fully saturated rings. The number of para-hydroxylation sites is 1. The Morgan fingerprint density at radius 1 is 1.12 bits per heavy atom. The van der Waals surface area contributed by atoms with Crippen LogP contribution < -0.4 is 14.8 Å². The van der Waals surface area contributed by atoms with Gasteiger partial charge in [-0.05, 0) is 51.5 Å². The number of ether oxygens (including phenoxy) is 4. The first-order valence-electron chi connectivity index (χ1n) is 10.8. The molecule has 34 heavy (non-hydrogen) atoms. The molecule has 10 nitrogen and oxygen atoms in total. The van der Waals surface area contributed by atoms with E-state index in [1.54, 1.807) is 58.0 Å². The quantitative estimate of drug-likeness (QED) is 0.224. The number of nitrogens with zero attached hydrogens (tertiary/aromatic N) is 1. The third kappa shape index (κ3) is 8.97. The maximum absolute atomic E-state index is 12.4. The molecule has 2 aromatic rings. The Morgan fingerprint density at radius 3 is 2.44 bits per heavy atom. The van der Waals surface area contributed by atoms with Gasteiger partial charge in [-0.2, -0.15) is 0 Å². The molecule has 0 radical (unpaired) electrons. The molecule has 1 unspecified atom stereocenters. The minimum absolute atomic E-state index is 0.00198. The zero-order valence-corrected chi connectivity index (χ0v) is 19.7. The Morgan fingerprint density at radius 2 is 1.82 bits per heavy atom. The van der Waals surface area contributed by atoms with E-state index in [4.69, 9.17) is 18.9 Å². The lowest BCUT2D eigenvalue weighted by atomic mass is 10.1. The molecule has 1 amide bonds. The Hall–Kier alpha value is -3.82. The first-order valence-corrected chi connectivity index (χ1v) is 10.8. The Balaban J connectivity index is 2.06. The summed E-state index contributed by atoms with van der Waals surface area (Å²) < 4.78 is 21.5. The second-order valence-electron chi connectivity index (χ2n) is 8.21. The van der Waals surface area contributed by atoms with Gasteiger partial charge >= 0.3 is 17.7 Å². The number of nitro benzene ring substituents is 1. The molecule has 184 valence electrons. The number of nitrogens with one attached hydrogen (secondary N) is 1. The van der Waals surface area contributed by atoms with E-state index in [1.807, 2.05) is 6.07 Å². The fourth-order valence-corrected chi connectivity index (χ4v) is 2.87. The summed E-state index contributed by atoms with van der Waals surface area (Å²) in [5, 5.41) is 14.1. The van der Waals surface area contributed by atoms with Gasteiger partial charge in [-0.25, -0.2) is 9.59 Å². The number of amides is 1. The van der Waals surface area contributed by atoms with Crippen molar-refractivity contribution in [3.8, 4) is 11.5 Å². The van der Waals surface area contributed by atoms with E-state index in [-0.39, 0.29) is 37.6 Å². The molecule has 0 aromatic heterocycles. The number of carbonyl (C=O) groups is 2. The average molecular weight is 475 g/mol. The van der Waals surface area contributed by atoms with Crippen LogP contribution in [0.4, 0.5) is 10.5 Å².